The molecule has 2 saturated heterocycles. The molecule has 110 valence electrons. The van der Waals surface area contributed by atoms with Crippen LogP contribution in [0.2, 0.25) is 0 Å². The third-order valence-electron chi connectivity index (χ3n) is 4.87. The fourth-order valence-corrected chi connectivity index (χ4v) is 3.89. The Morgan fingerprint density at radius 1 is 1.10 bits per heavy atom. The van der Waals surface area contributed by atoms with E-state index in [1.54, 1.807) is 0 Å². The highest BCUT2D eigenvalue weighted by Gasteiger charge is 2.39. The Balaban J connectivity index is 1.62. The SMILES string of the molecule is CNC1CC2CCC(C1)N2CCc1cc(F)cc(F)c1. The Hall–Kier alpha value is -1.00. The lowest BCUT2D eigenvalue weighted by Gasteiger charge is -2.39. The van der Waals surface area contributed by atoms with E-state index < -0.39 is 11.6 Å². The van der Waals surface area contributed by atoms with Gasteiger partial charge in [0, 0.05) is 30.7 Å². The molecule has 3 rings (SSSR count). The molecule has 20 heavy (non-hydrogen) atoms. The van der Waals surface area contributed by atoms with Crippen molar-refractivity contribution in [3.63, 3.8) is 0 Å². The minimum atomic E-state index is -0.475. The van der Waals surface area contributed by atoms with E-state index in [1.165, 1.54) is 37.8 Å². The molecule has 2 atom stereocenters. The highest BCUT2D eigenvalue weighted by atomic mass is 19.1. The Morgan fingerprint density at radius 3 is 2.25 bits per heavy atom. The van der Waals surface area contributed by atoms with Crippen LogP contribution in [0.25, 0.3) is 0 Å². The summed E-state index contributed by atoms with van der Waals surface area (Å²) in [5.41, 5.74) is 0.762. The Labute approximate surface area is 119 Å². The summed E-state index contributed by atoms with van der Waals surface area (Å²) in [5.74, 6) is -0.950. The summed E-state index contributed by atoms with van der Waals surface area (Å²) < 4.78 is 26.4. The monoisotopic (exact) mass is 280 g/mol. The van der Waals surface area contributed by atoms with Crippen LogP contribution in [0.3, 0.4) is 0 Å². The van der Waals surface area contributed by atoms with Crippen LogP contribution in [-0.2, 0) is 6.42 Å². The number of rotatable bonds is 4. The summed E-state index contributed by atoms with van der Waals surface area (Å²) in [7, 11) is 2.04. The molecule has 1 aromatic carbocycles. The van der Waals surface area contributed by atoms with Gasteiger partial charge in [0.25, 0.3) is 0 Å². The zero-order chi connectivity index (χ0) is 14.1. The molecular weight excluding hydrogens is 258 g/mol. The predicted octanol–water partition coefficient (Wildman–Crippen LogP) is 2.72. The van der Waals surface area contributed by atoms with Gasteiger partial charge < -0.3 is 5.32 Å². The molecule has 2 fully saturated rings. The molecule has 0 spiro atoms. The number of halogens is 2. The van der Waals surface area contributed by atoms with E-state index in [9.17, 15) is 8.78 Å². The lowest BCUT2D eigenvalue weighted by molar-refractivity contribution is 0.121. The average molecular weight is 280 g/mol. The van der Waals surface area contributed by atoms with Crippen LogP contribution in [0.1, 0.15) is 31.2 Å². The quantitative estimate of drug-likeness (QED) is 0.912. The summed E-state index contributed by atoms with van der Waals surface area (Å²) in [4.78, 5) is 2.55. The smallest absolute Gasteiger partial charge is 0.126 e. The highest BCUT2D eigenvalue weighted by Crippen LogP contribution is 2.35. The topological polar surface area (TPSA) is 15.3 Å². The molecule has 1 N–H and O–H groups in total. The predicted molar refractivity (Wildman–Crippen MR) is 75.7 cm³/mol. The van der Waals surface area contributed by atoms with Crippen LogP contribution >= 0.6 is 0 Å². The first kappa shape index (κ1) is 14.0. The minimum absolute atomic E-state index is 0.475. The van der Waals surface area contributed by atoms with Crippen LogP contribution in [0.4, 0.5) is 8.78 Å². The van der Waals surface area contributed by atoms with Crippen molar-refractivity contribution in [2.45, 2.75) is 50.2 Å². The van der Waals surface area contributed by atoms with E-state index in [0.717, 1.165) is 24.6 Å². The van der Waals surface area contributed by atoms with Gasteiger partial charge in [-0.2, -0.15) is 0 Å². The number of hydrogen-bond donors (Lipinski definition) is 1. The van der Waals surface area contributed by atoms with Crippen molar-refractivity contribution in [2.24, 2.45) is 0 Å². The molecule has 0 radical (unpaired) electrons. The summed E-state index contributed by atoms with van der Waals surface area (Å²) in [6, 6.07) is 5.76. The summed E-state index contributed by atoms with van der Waals surface area (Å²) >= 11 is 0. The van der Waals surface area contributed by atoms with Crippen molar-refractivity contribution in [3.8, 4) is 0 Å². The molecule has 0 saturated carbocycles. The lowest BCUT2D eigenvalue weighted by Crippen LogP contribution is -2.48. The average Bonchev–Trinajstić information content (AvgIpc) is 2.65. The van der Waals surface area contributed by atoms with Gasteiger partial charge in [0.2, 0.25) is 0 Å². The maximum atomic E-state index is 13.2. The van der Waals surface area contributed by atoms with Crippen molar-refractivity contribution in [1.29, 1.82) is 0 Å². The van der Waals surface area contributed by atoms with Crippen LogP contribution in [0, 0.1) is 11.6 Å². The van der Waals surface area contributed by atoms with Crippen molar-refractivity contribution in [1.82, 2.24) is 10.2 Å². The van der Waals surface area contributed by atoms with E-state index in [-0.39, 0.29) is 0 Å². The zero-order valence-electron chi connectivity index (χ0n) is 11.9. The number of nitrogens with one attached hydrogen (secondary N) is 1. The number of piperidine rings is 1. The molecular formula is C16H22F2N2. The molecule has 2 nitrogen and oxygen atoms in total. The van der Waals surface area contributed by atoms with Crippen LogP contribution in [0.5, 0.6) is 0 Å². The second kappa shape index (κ2) is 5.78. The van der Waals surface area contributed by atoms with Gasteiger partial charge in [0.15, 0.2) is 0 Å². The molecule has 0 aliphatic carbocycles. The van der Waals surface area contributed by atoms with Gasteiger partial charge in [-0.05, 0) is 56.8 Å². The number of fused-ring (bicyclic) bond motifs is 2. The van der Waals surface area contributed by atoms with Gasteiger partial charge >= 0.3 is 0 Å². The van der Waals surface area contributed by atoms with Crippen LogP contribution in [0.15, 0.2) is 18.2 Å². The zero-order valence-corrected chi connectivity index (χ0v) is 11.9. The highest BCUT2D eigenvalue weighted by molar-refractivity contribution is 5.18. The van der Waals surface area contributed by atoms with Crippen molar-refractivity contribution in [2.75, 3.05) is 13.6 Å². The molecule has 2 aliphatic heterocycles. The van der Waals surface area contributed by atoms with Gasteiger partial charge in [-0.15, -0.1) is 0 Å². The standard InChI is InChI=1S/C16H22F2N2/c1-19-14-9-15-2-3-16(10-14)20(15)5-4-11-6-12(17)8-13(18)7-11/h6-8,14-16,19H,2-5,9-10H2,1H3. The molecule has 2 aliphatic rings. The summed E-state index contributed by atoms with van der Waals surface area (Å²) in [6.45, 7) is 0.911. The van der Waals surface area contributed by atoms with E-state index in [1.807, 2.05) is 7.05 Å². The van der Waals surface area contributed by atoms with Gasteiger partial charge in [0.1, 0.15) is 11.6 Å². The Morgan fingerprint density at radius 2 is 1.70 bits per heavy atom. The largest absolute Gasteiger partial charge is 0.317 e. The minimum Gasteiger partial charge on any atom is -0.317 e. The van der Waals surface area contributed by atoms with Gasteiger partial charge in [-0.3, -0.25) is 4.90 Å². The molecule has 0 aromatic heterocycles. The molecule has 4 heteroatoms. The lowest BCUT2D eigenvalue weighted by atomic mass is 9.97. The van der Waals surface area contributed by atoms with Crippen molar-refractivity contribution in [3.05, 3.63) is 35.4 Å². The van der Waals surface area contributed by atoms with E-state index in [4.69, 9.17) is 0 Å². The van der Waals surface area contributed by atoms with E-state index in [2.05, 4.69) is 10.2 Å². The van der Waals surface area contributed by atoms with Gasteiger partial charge in [-0.25, -0.2) is 8.78 Å². The molecule has 2 heterocycles. The Bertz CT molecular complexity index is 443. The Kier molecular flexibility index (Phi) is 4.03. The fraction of sp³-hybridized carbons (Fsp3) is 0.625. The maximum Gasteiger partial charge on any atom is 0.126 e. The van der Waals surface area contributed by atoms with E-state index in [0.29, 0.717) is 18.1 Å². The molecule has 2 unspecified atom stereocenters. The van der Waals surface area contributed by atoms with E-state index >= 15 is 0 Å². The number of benzene rings is 1. The summed E-state index contributed by atoms with van der Waals surface area (Å²) in [6.07, 6.45) is 5.65. The van der Waals surface area contributed by atoms with Gasteiger partial charge in [0.05, 0.1) is 0 Å². The number of hydrogen-bond acceptors (Lipinski definition) is 2. The molecule has 2 bridgehead atoms. The van der Waals surface area contributed by atoms with Crippen molar-refractivity contribution >= 4 is 0 Å². The third kappa shape index (κ3) is 2.86. The normalized spacial score (nSPS) is 29.9. The summed E-state index contributed by atoms with van der Waals surface area (Å²) in [5, 5.41) is 3.39. The first-order valence-corrected chi connectivity index (χ1v) is 7.53. The first-order valence-electron chi connectivity index (χ1n) is 7.53. The number of nitrogens with zero attached hydrogens (tertiary/aromatic N) is 1. The third-order valence-corrected chi connectivity index (χ3v) is 4.87. The van der Waals surface area contributed by atoms with Gasteiger partial charge in [-0.1, -0.05) is 0 Å². The molecule has 1 aromatic rings. The van der Waals surface area contributed by atoms with Crippen LogP contribution in [-0.4, -0.2) is 36.6 Å². The fourth-order valence-electron chi connectivity index (χ4n) is 3.89. The first-order chi connectivity index (χ1) is 9.65. The van der Waals surface area contributed by atoms with Crippen molar-refractivity contribution < 1.29 is 8.78 Å². The second-order valence-electron chi connectivity index (χ2n) is 6.11. The maximum absolute atomic E-state index is 13.2. The van der Waals surface area contributed by atoms with Crippen LogP contribution < -0.4 is 5.32 Å². The molecule has 0 amide bonds. The second-order valence-corrected chi connectivity index (χ2v) is 6.11.